The van der Waals surface area contributed by atoms with Crippen LogP contribution in [0.5, 0.6) is 5.75 Å². The van der Waals surface area contributed by atoms with E-state index >= 15 is 0 Å². The minimum Gasteiger partial charge on any atom is -0.493 e. The van der Waals surface area contributed by atoms with Crippen molar-refractivity contribution in [3.63, 3.8) is 0 Å². The second-order valence-electron chi connectivity index (χ2n) is 4.09. The van der Waals surface area contributed by atoms with E-state index in [9.17, 15) is 5.11 Å². The van der Waals surface area contributed by atoms with Crippen LogP contribution in [0.3, 0.4) is 0 Å². The van der Waals surface area contributed by atoms with Crippen LogP contribution in [-0.2, 0) is 6.42 Å². The Morgan fingerprint density at radius 3 is 2.71 bits per heavy atom. The minimum atomic E-state index is 0.149. The average Bonchev–Trinajstić information content (AvgIpc) is 2.38. The van der Waals surface area contributed by atoms with E-state index < -0.39 is 0 Å². The first-order valence-corrected chi connectivity index (χ1v) is 6.11. The molecule has 2 aromatic carbocycles. The van der Waals surface area contributed by atoms with E-state index in [1.165, 1.54) is 10.8 Å². The first-order valence-electron chi connectivity index (χ1n) is 6.11. The molecule has 0 unspecified atom stereocenters. The lowest BCUT2D eigenvalue weighted by Gasteiger charge is -2.13. The lowest BCUT2D eigenvalue weighted by atomic mass is 10.0. The van der Waals surface area contributed by atoms with Crippen LogP contribution in [0.15, 0.2) is 36.4 Å². The quantitative estimate of drug-likeness (QED) is 0.855. The van der Waals surface area contributed by atoms with Gasteiger partial charge in [-0.25, -0.2) is 0 Å². The molecule has 0 aliphatic rings. The number of hydrogen-bond donors (Lipinski definition) is 1. The Hall–Kier alpha value is -1.54. The van der Waals surface area contributed by atoms with Crippen LogP contribution >= 0.6 is 0 Å². The van der Waals surface area contributed by atoms with Crippen molar-refractivity contribution >= 4 is 10.8 Å². The minimum absolute atomic E-state index is 0.149. The molecular weight excluding hydrogens is 212 g/mol. The summed E-state index contributed by atoms with van der Waals surface area (Å²) in [6.07, 6.45) is 1.63. The van der Waals surface area contributed by atoms with Gasteiger partial charge in [0.05, 0.1) is 6.61 Å². The average molecular weight is 230 g/mol. The van der Waals surface area contributed by atoms with Gasteiger partial charge in [0.25, 0.3) is 0 Å². The molecule has 0 aliphatic carbocycles. The number of fused-ring (bicyclic) bond motifs is 1. The summed E-state index contributed by atoms with van der Waals surface area (Å²) in [5, 5.41) is 11.5. The fourth-order valence-electron chi connectivity index (χ4n) is 2.03. The van der Waals surface area contributed by atoms with E-state index in [-0.39, 0.29) is 6.61 Å². The van der Waals surface area contributed by atoms with Crippen LogP contribution in [0.4, 0.5) is 0 Å². The first-order chi connectivity index (χ1) is 8.36. The van der Waals surface area contributed by atoms with Crippen LogP contribution in [-0.4, -0.2) is 18.3 Å². The fourth-order valence-corrected chi connectivity index (χ4v) is 2.03. The Balaban J connectivity index is 2.47. The van der Waals surface area contributed by atoms with Crippen LogP contribution in [0, 0.1) is 0 Å². The highest BCUT2D eigenvalue weighted by Gasteiger charge is 2.07. The van der Waals surface area contributed by atoms with Gasteiger partial charge in [-0.15, -0.1) is 0 Å². The Bertz CT molecular complexity index is 491. The predicted octanol–water partition coefficient (Wildman–Crippen LogP) is 3.16. The van der Waals surface area contributed by atoms with Crippen molar-refractivity contribution in [2.45, 2.75) is 19.8 Å². The number of aliphatic hydroxyl groups is 1. The molecule has 0 fully saturated rings. The summed E-state index contributed by atoms with van der Waals surface area (Å²) in [6.45, 7) is 2.96. The molecule has 0 aliphatic heterocycles. The maximum atomic E-state index is 9.17. The van der Waals surface area contributed by atoms with Crippen molar-refractivity contribution in [1.29, 1.82) is 0 Å². The summed E-state index contributed by atoms with van der Waals surface area (Å²) in [4.78, 5) is 0. The van der Waals surface area contributed by atoms with Gasteiger partial charge in [-0.2, -0.15) is 0 Å². The summed E-state index contributed by atoms with van der Waals surface area (Å²) in [5.41, 5.74) is 1.11. The highest BCUT2D eigenvalue weighted by atomic mass is 16.5. The lowest BCUT2D eigenvalue weighted by molar-refractivity contribution is 0.289. The molecule has 0 bridgehead atoms. The normalized spacial score (nSPS) is 10.7. The zero-order chi connectivity index (χ0) is 12.1. The smallest absolute Gasteiger partial charge is 0.123 e. The Morgan fingerprint density at radius 1 is 1.12 bits per heavy atom. The maximum Gasteiger partial charge on any atom is 0.123 e. The number of hydrogen-bond acceptors (Lipinski definition) is 2. The van der Waals surface area contributed by atoms with Crippen LogP contribution in [0.1, 0.15) is 18.9 Å². The van der Waals surface area contributed by atoms with Crippen molar-refractivity contribution < 1.29 is 9.84 Å². The molecule has 2 nitrogen and oxygen atoms in total. The Morgan fingerprint density at radius 2 is 1.94 bits per heavy atom. The summed E-state index contributed by atoms with van der Waals surface area (Å²) in [7, 11) is 0. The fraction of sp³-hybridized carbons (Fsp3) is 0.333. The van der Waals surface area contributed by atoms with Crippen molar-refractivity contribution in [3.05, 3.63) is 42.0 Å². The lowest BCUT2D eigenvalue weighted by Crippen LogP contribution is -2.01. The van der Waals surface area contributed by atoms with Gasteiger partial charge >= 0.3 is 0 Å². The van der Waals surface area contributed by atoms with Crippen molar-refractivity contribution in [2.75, 3.05) is 13.2 Å². The summed E-state index contributed by atoms with van der Waals surface area (Å²) in [5.74, 6) is 0.902. The summed E-state index contributed by atoms with van der Waals surface area (Å²) in [6, 6.07) is 12.3. The van der Waals surface area contributed by atoms with Gasteiger partial charge in [-0.05, 0) is 29.7 Å². The first kappa shape index (κ1) is 11.9. The molecule has 0 amide bonds. The third-order valence-electron chi connectivity index (χ3n) is 2.82. The Kier molecular flexibility index (Phi) is 3.99. The van der Waals surface area contributed by atoms with Gasteiger partial charge in [0.2, 0.25) is 0 Å². The van der Waals surface area contributed by atoms with Crippen molar-refractivity contribution in [3.8, 4) is 5.75 Å². The monoisotopic (exact) mass is 230 g/mol. The largest absolute Gasteiger partial charge is 0.493 e. The third kappa shape index (κ3) is 2.59. The van der Waals surface area contributed by atoms with E-state index in [1.54, 1.807) is 0 Å². The van der Waals surface area contributed by atoms with Gasteiger partial charge < -0.3 is 9.84 Å². The summed E-state index contributed by atoms with van der Waals surface area (Å²) < 4.78 is 5.74. The van der Waals surface area contributed by atoms with Crippen LogP contribution < -0.4 is 4.74 Å². The molecule has 2 rings (SSSR count). The molecule has 2 aromatic rings. The molecule has 0 heterocycles. The van der Waals surface area contributed by atoms with E-state index in [0.717, 1.165) is 24.3 Å². The highest BCUT2D eigenvalue weighted by Crippen LogP contribution is 2.28. The zero-order valence-corrected chi connectivity index (χ0v) is 10.1. The molecule has 0 aromatic heterocycles. The molecule has 0 spiro atoms. The molecule has 1 N–H and O–H groups in total. The van der Waals surface area contributed by atoms with Crippen molar-refractivity contribution in [1.82, 2.24) is 0 Å². The molecule has 0 atom stereocenters. The number of benzene rings is 2. The van der Waals surface area contributed by atoms with Crippen molar-refractivity contribution in [2.24, 2.45) is 0 Å². The van der Waals surface area contributed by atoms with Gasteiger partial charge in [-0.1, -0.05) is 37.3 Å². The second kappa shape index (κ2) is 5.69. The van der Waals surface area contributed by atoms with E-state index in [4.69, 9.17) is 4.74 Å². The standard InChI is InChI=1S/C15H18O2/c1-2-11-17-15-8-7-12-5-3-4-6-13(12)14(15)9-10-16/h3-8,16H,2,9-11H2,1H3. The molecule has 17 heavy (non-hydrogen) atoms. The molecule has 0 saturated carbocycles. The molecule has 0 radical (unpaired) electrons. The Labute approximate surface area is 102 Å². The highest BCUT2D eigenvalue weighted by molar-refractivity contribution is 5.87. The van der Waals surface area contributed by atoms with Gasteiger partial charge in [0, 0.05) is 12.2 Å². The van der Waals surface area contributed by atoms with Gasteiger partial charge in [0.1, 0.15) is 5.75 Å². The van der Waals surface area contributed by atoms with Gasteiger partial charge in [0.15, 0.2) is 0 Å². The molecular formula is C15H18O2. The second-order valence-corrected chi connectivity index (χ2v) is 4.09. The number of rotatable bonds is 5. The topological polar surface area (TPSA) is 29.5 Å². The maximum absolute atomic E-state index is 9.17. The van der Waals surface area contributed by atoms with E-state index in [2.05, 4.69) is 25.1 Å². The van der Waals surface area contributed by atoms with Crippen LogP contribution in [0.25, 0.3) is 10.8 Å². The number of aliphatic hydroxyl groups excluding tert-OH is 1. The third-order valence-corrected chi connectivity index (χ3v) is 2.82. The summed E-state index contributed by atoms with van der Waals surface area (Å²) >= 11 is 0. The van der Waals surface area contributed by atoms with E-state index in [1.807, 2.05) is 18.2 Å². The predicted molar refractivity (Wildman–Crippen MR) is 70.5 cm³/mol. The van der Waals surface area contributed by atoms with Gasteiger partial charge in [-0.3, -0.25) is 0 Å². The molecule has 90 valence electrons. The number of ether oxygens (including phenoxy) is 1. The SMILES string of the molecule is CCCOc1ccc2ccccc2c1CCO. The molecule has 2 heteroatoms. The van der Waals surface area contributed by atoms with Crippen LogP contribution in [0.2, 0.25) is 0 Å². The zero-order valence-electron chi connectivity index (χ0n) is 10.1. The molecule has 0 saturated heterocycles. The van der Waals surface area contributed by atoms with E-state index in [0.29, 0.717) is 6.42 Å².